The summed E-state index contributed by atoms with van der Waals surface area (Å²) in [4.78, 5) is 0. The van der Waals surface area contributed by atoms with Crippen LogP contribution in [-0.4, -0.2) is 0 Å². The summed E-state index contributed by atoms with van der Waals surface area (Å²) < 4.78 is 6.78. The Kier molecular flexibility index (Phi) is 4.18. The zero-order valence-corrected chi connectivity index (χ0v) is 11.0. The van der Waals surface area contributed by atoms with Gasteiger partial charge in [-0.15, -0.1) is 0 Å². The van der Waals surface area contributed by atoms with Gasteiger partial charge in [0.25, 0.3) is 0 Å². The molecule has 2 rings (SSSR count). The van der Waals surface area contributed by atoms with Crippen molar-refractivity contribution >= 4 is 15.9 Å². The van der Waals surface area contributed by atoms with Crippen LogP contribution >= 0.6 is 15.9 Å². The van der Waals surface area contributed by atoms with E-state index in [0.29, 0.717) is 13.2 Å². The van der Waals surface area contributed by atoms with Crippen molar-refractivity contribution in [3.8, 4) is 5.75 Å². The quantitative estimate of drug-likeness (QED) is 0.936. The minimum absolute atomic E-state index is 0.464. The Morgan fingerprint density at radius 1 is 1.00 bits per heavy atom. The molecule has 0 aliphatic rings. The van der Waals surface area contributed by atoms with Crippen LogP contribution in [0.4, 0.5) is 0 Å². The molecule has 0 heterocycles. The fraction of sp³-hybridized carbons (Fsp3) is 0.143. The Morgan fingerprint density at radius 2 is 1.76 bits per heavy atom. The molecule has 88 valence electrons. The number of benzene rings is 2. The van der Waals surface area contributed by atoms with Crippen molar-refractivity contribution < 1.29 is 4.74 Å². The van der Waals surface area contributed by atoms with Crippen molar-refractivity contribution in [2.24, 2.45) is 5.73 Å². The van der Waals surface area contributed by atoms with Crippen LogP contribution in [0.5, 0.6) is 5.75 Å². The van der Waals surface area contributed by atoms with E-state index in [1.165, 1.54) is 0 Å². The molecule has 0 fully saturated rings. The Morgan fingerprint density at radius 3 is 2.47 bits per heavy atom. The third kappa shape index (κ3) is 3.08. The highest BCUT2D eigenvalue weighted by atomic mass is 79.9. The lowest BCUT2D eigenvalue weighted by Gasteiger charge is -2.11. The summed E-state index contributed by atoms with van der Waals surface area (Å²) in [6, 6.07) is 15.9. The van der Waals surface area contributed by atoms with Gasteiger partial charge in [-0.3, -0.25) is 0 Å². The van der Waals surface area contributed by atoms with Gasteiger partial charge in [-0.1, -0.05) is 52.3 Å². The molecular weight excluding hydrogens is 278 g/mol. The number of ether oxygens (including phenoxy) is 1. The maximum atomic E-state index is 5.78. The molecule has 0 saturated carbocycles. The Bertz CT molecular complexity index is 485. The van der Waals surface area contributed by atoms with E-state index < -0.39 is 0 Å². The van der Waals surface area contributed by atoms with Gasteiger partial charge < -0.3 is 10.5 Å². The third-order valence-electron chi connectivity index (χ3n) is 2.52. The van der Waals surface area contributed by atoms with Crippen LogP contribution in [0.25, 0.3) is 0 Å². The van der Waals surface area contributed by atoms with Crippen LogP contribution in [-0.2, 0) is 13.2 Å². The maximum Gasteiger partial charge on any atom is 0.125 e. The summed E-state index contributed by atoms with van der Waals surface area (Å²) in [5, 5.41) is 0. The SMILES string of the molecule is NCc1c(Br)cccc1OCc1ccccc1. The molecule has 0 atom stereocenters. The third-order valence-corrected chi connectivity index (χ3v) is 3.26. The Labute approximate surface area is 110 Å². The van der Waals surface area contributed by atoms with Crippen LogP contribution in [0.3, 0.4) is 0 Å². The first-order valence-corrected chi connectivity index (χ1v) is 6.24. The second kappa shape index (κ2) is 5.84. The number of hydrogen-bond acceptors (Lipinski definition) is 2. The van der Waals surface area contributed by atoms with Gasteiger partial charge in [0, 0.05) is 16.6 Å². The lowest BCUT2D eigenvalue weighted by molar-refractivity contribution is 0.303. The van der Waals surface area contributed by atoms with Gasteiger partial charge in [0.05, 0.1) is 0 Å². The zero-order chi connectivity index (χ0) is 12.1. The second-order valence-corrected chi connectivity index (χ2v) is 4.55. The van der Waals surface area contributed by atoms with Gasteiger partial charge in [-0.2, -0.15) is 0 Å². The van der Waals surface area contributed by atoms with Gasteiger partial charge >= 0.3 is 0 Å². The van der Waals surface area contributed by atoms with Crippen LogP contribution in [0.2, 0.25) is 0 Å². The summed E-state index contributed by atoms with van der Waals surface area (Å²) >= 11 is 3.47. The van der Waals surface area contributed by atoms with Crippen LogP contribution < -0.4 is 10.5 Å². The van der Waals surface area contributed by atoms with Crippen molar-refractivity contribution in [3.05, 3.63) is 64.1 Å². The summed E-state index contributed by atoms with van der Waals surface area (Å²) in [6.07, 6.45) is 0. The minimum atomic E-state index is 0.464. The lowest BCUT2D eigenvalue weighted by Crippen LogP contribution is -2.03. The van der Waals surface area contributed by atoms with E-state index in [1.54, 1.807) is 0 Å². The molecule has 2 nitrogen and oxygen atoms in total. The molecule has 0 spiro atoms. The van der Waals surface area contributed by atoms with E-state index in [4.69, 9.17) is 10.5 Å². The fourth-order valence-corrected chi connectivity index (χ4v) is 2.12. The van der Waals surface area contributed by atoms with Gasteiger partial charge in [-0.05, 0) is 17.7 Å². The summed E-state index contributed by atoms with van der Waals surface area (Å²) in [7, 11) is 0. The molecule has 2 aromatic rings. The van der Waals surface area contributed by atoms with E-state index in [9.17, 15) is 0 Å². The highest BCUT2D eigenvalue weighted by molar-refractivity contribution is 9.10. The first kappa shape index (κ1) is 12.1. The standard InChI is InChI=1S/C14H14BrNO/c15-13-7-4-8-14(12(13)9-16)17-10-11-5-2-1-3-6-11/h1-8H,9-10,16H2. The minimum Gasteiger partial charge on any atom is -0.489 e. The van der Waals surface area contributed by atoms with Crippen LogP contribution in [0.15, 0.2) is 53.0 Å². The molecule has 0 aromatic heterocycles. The van der Waals surface area contributed by atoms with Crippen molar-refractivity contribution in [2.75, 3.05) is 0 Å². The van der Waals surface area contributed by atoms with Crippen molar-refractivity contribution in [1.82, 2.24) is 0 Å². The number of rotatable bonds is 4. The zero-order valence-electron chi connectivity index (χ0n) is 9.40. The van der Waals surface area contributed by atoms with E-state index in [2.05, 4.69) is 15.9 Å². The molecule has 2 aromatic carbocycles. The molecule has 0 radical (unpaired) electrons. The molecule has 0 unspecified atom stereocenters. The van der Waals surface area contributed by atoms with E-state index in [-0.39, 0.29) is 0 Å². The summed E-state index contributed by atoms with van der Waals surface area (Å²) in [5.41, 5.74) is 7.86. The highest BCUT2D eigenvalue weighted by Gasteiger charge is 2.05. The topological polar surface area (TPSA) is 35.2 Å². The molecule has 0 saturated heterocycles. The predicted molar refractivity (Wildman–Crippen MR) is 72.8 cm³/mol. The maximum absolute atomic E-state index is 5.78. The molecule has 0 amide bonds. The van der Waals surface area contributed by atoms with Gasteiger partial charge in [0.2, 0.25) is 0 Å². The van der Waals surface area contributed by atoms with Gasteiger partial charge in [-0.25, -0.2) is 0 Å². The second-order valence-electron chi connectivity index (χ2n) is 3.69. The molecule has 0 aliphatic heterocycles. The normalized spacial score (nSPS) is 10.2. The number of nitrogens with two attached hydrogens (primary N) is 1. The van der Waals surface area contributed by atoms with E-state index >= 15 is 0 Å². The van der Waals surface area contributed by atoms with Crippen molar-refractivity contribution in [3.63, 3.8) is 0 Å². The lowest BCUT2D eigenvalue weighted by atomic mass is 10.2. The average Bonchev–Trinajstić information content (AvgIpc) is 2.37. The van der Waals surface area contributed by atoms with E-state index in [1.807, 2.05) is 48.5 Å². The predicted octanol–water partition coefficient (Wildman–Crippen LogP) is 3.49. The van der Waals surface area contributed by atoms with Gasteiger partial charge in [0.1, 0.15) is 12.4 Å². The largest absolute Gasteiger partial charge is 0.489 e. The average molecular weight is 292 g/mol. The smallest absolute Gasteiger partial charge is 0.125 e. The summed E-state index contributed by atoms with van der Waals surface area (Å²) in [5.74, 6) is 0.839. The van der Waals surface area contributed by atoms with Crippen molar-refractivity contribution in [1.29, 1.82) is 0 Å². The Balaban J connectivity index is 2.12. The molecule has 0 aliphatic carbocycles. The highest BCUT2D eigenvalue weighted by Crippen LogP contribution is 2.26. The van der Waals surface area contributed by atoms with E-state index in [0.717, 1.165) is 21.3 Å². The monoisotopic (exact) mass is 291 g/mol. The number of hydrogen-bond donors (Lipinski definition) is 1. The number of halogens is 1. The van der Waals surface area contributed by atoms with Gasteiger partial charge in [0.15, 0.2) is 0 Å². The molecule has 0 bridgehead atoms. The molecule has 2 N–H and O–H groups in total. The molecular formula is C14H14BrNO. The van der Waals surface area contributed by atoms with Crippen molar-refractivity contribution in [2.45, 2.75) is 13.2 Å². The first-order chi connectivity index (χ1) is 8.31. The van der Waals surface area contributed by atoms with Crippen LogP contribution in [0.1, 0.15) is 11.1 Å². The fourth-order valence-electron chi connectivity index (χ4n) is 1.61. The Hall–Kier alpha value is -1.32. The molecule has 3 heteroatoms. The van der Waals surface area contributed by atoms with Crippen LogP contribution in [0, 0.1) is 0 Å². The first-order valence-electron chi connectivity index (χ1n) is 5.45. The molecule has 17 heavy (non-hydrogen) atoms. The summed E-state index contributed by atoms with van der Waals surface area (Å²) in [6.45, 7) is 1.02.